The molecule has 0 fully saturated rings. The van der Waals surface area contributed by atoms with Gasteiger partial charge >= 0.3 is 0 Å². The van der Waals surface area contributed by atoms with Gasteiger partial charge in [-0.2, -0.15) is 0 Å². The van der Waals surface area contributed by atoms with Gasteiger partial charge in [-0.15, -0.1) is 0 Å². The van der Waals surface area contributed by atoms with Crippen LogP contribution in [0, 0.1) is 0 Å². The average Bonchev–Trinajstić information content (AvgIpc) is 2.54. The molecule has 0 aliphatic heterocycles. The fraction of sp³-hybridized carbons (Fsp3) is 0.611. The summed E-state index contributed by atoms with van der Waals surface area (Å²) in [5.74, 6) is 0.822. The first kappa shape index (κ1) is 17.5. The minimum Gasteiger partial charge on any atom is -0.497 e. The molecule has 0 aromatic heterocycles. The summed E-state index contributed by atoms with van der Waals surface area (Å²) >= 11 is 0. The predicted molar refractivity (Wildman–Crippen MR) is 88.5 cm³/mol. The maximum absolute atomic E-state index is 9.16. The molecule has 0 bridgehead atoms. The Bertz CT molecular complexity index is 398. The van der Waals surface area contributed by atoms with E-state index in [1.165, 1.54) is 44.9 Å². The van der Waals surface area contributed by atoms with Gasteiger partial charge in [0, 0.05) is 0 Å². The van der Waals surface area contributed by atoms with Crippen LogP contribution in [0.1, 0.15) is 70.3 Å². The first-order chi connectivity index (χ1) is 10.3. The lowest BCUT2D eigenvalue weighted by molar-refractivity contribution is 0.317. The van der Waals surface area contributed by atoms with E-state index in [4.69, 9.17) is 9.94 Å². The van der Waals surface area contributed by atoms with Crippen LogP contribution in [-0.4, -0.2) is 18.0 Å². The van der Waals surface area contributed by atoms with Crippen LogP contribution < -0.4 is 4.74 Å². The van der Waals surface area contributed by atoms with E-state index in [-0.39, 0.29) is 0 Å². The summed E-state index contributed by atoms with van der Waals surface area (Å²) in [7, 11) is 1.65. The van der Waals surface area contributed by atoms with E-state index in [2.05, 4.69) is 12.1 Å². The van der Waals surface area contributed by atoms with Gasteiger partial charge in [-0.05, 0) is 42.7 Å². The number of hydrogen-bond donors (Lipinski definition) is 1. The van der Waals surface area contributed by atoms with Crippen molar-refractivity contribution in [2.24, 2.45) is 5.16 Å². The number of oxime groups is 1. The molecule has 3 nitrogen and oxygen atoms in total. The lowest BCUT2D eigenvalue weighted by atomic mass is 10.0. The van der Waals surface area contributed by atoms with Crippen molar-refractivity contribution in [3.63, 3.8) is 0 Å². The van der Waals surface area contributed by atoms with Gasteiger partial charge in [0.25, 0.3) is 0 Å². The highest BCUT2D eigenvalue weighted by atomic mass is 16.5. The van der Waals surface area contributed by atoms with Crippen molar-refractivity contribution in [2.75, 3.05) is 7.11 Å². The first-order valence-corrected chi connectivity index (χ1v) is 8.17. The maximum Gasteiger partial charge on any atom is 0.118 e. The Morgan fingerprint density at radius 2 is 1.52 bits per heavy atom. The van der Waals surface area contributed by atoms with Gasteiger partial charge in [0.15, 0.2) is 0 Å². The molecule has 0 aliphatic rings. The van der Waals surface area contributed by atoms with Gasteiger partial charge in [-0.3, -0.25) is 0 Å². The Morgan fingerprint density at radius 1 is 0.952 bits per heavy atom. The van der Waals surface area contributed by atoms with E-state index >= 15 is 0 Å². The Balaban J connectivity index is 2.22. The molecule has 0 radical (unpaired) electrons. The van der Waals surface area contributed by atoms with Gasteiger partial charge < -0.3 is 9.94 Å². The molecule has 1 N–H and O–H groups in total. The number of methoxy groups -OCH3 is 1. The molecule has 1 aromatic rings. The van der Waals surface area contributed by atoms with Crippen LogP contribution in [0.2, 0.25) is 0 Å². The predicted octanol–water partition coefficient (Wildman–Crippen LogP) is 5.40. The van der Waals surface area contributed by atoms with Crippen LogP contribution in [0.15, 0.2) is 29.4 Å². The maximum atomic E-state index is 9.16. The van der Waals surface area contributed by atoms with Crippen molar-refractivity contribution in [2.45, 2.75) is 64.7 Å². The van der Waals surface area contributed by atoms with Gasteiger partial charge in [0.1, 0.15) is 5.75 Å². The van der Waals surface area contributed by atoms with Crippen LogP contribution in [0.25, 0.3) is 0 Å². The molecule has 0 atom stereocenters. The second-order valence-electron chi connectivity index (χ2n) is 5.50. The topological polar surface area (TPSA) is 41.8 Å². The molecular formula is C18H29NO2. The molecule has 1 rings (SSSR count). The van der Waals surface area contributed by atoms with E-state index in [1.54, 1.807) is 7.11 Å². The molecule has 1 aromatic carbocycles. The molecule has 0 saturated heterocycles. The third-order valence-electron chi connectivity index (χ3n) is 3.81. The summed E-state index contributed by atoms with van der Waals surface area (Å²) in [4.78, 5) is 0. The van der Waals surface area contributed by atoms with Crippen molar-refractivity contribution in [1.82, 2.24) is 0 Å². The molecule has 3 heteroatoms. The number of hydrogen-bond acceptors (Lipinski definition) is 3. The summed E-state index contributed by atoms with van der Waals surface area (Å²) in [6, 6.07) is 7.68. The molecule has 0 unspecified atom stereocenters. The van der Waals surface area contributed by atoms with Gasteiger partial charge in [0.05, 0.1) is 12.8 Å². The second kappa shape index (κ2) is 11.2. The fourth-order valence-corrected chi connectivity index (χ4v) is 2.46. The molecule has 0 amide bonds. The molecule has 21 heavy (non-hydrogen) atoms. The summed E-state index contributed by atoms with van der Waals surface area (Å²) in [6.07, 6.45) is 11.1. The lowest BCUT2D eigenvalue weighted by Crippen LogP contribution is -2.01. The number of benzene rings is 1. The normalized spacial score (nSPS) is 11.6. The van der Waals surface area contributed by atoms with Crippen LogP contribution in [0.5, 0.6) is 5.75 Å². The van der Waals surface area contributed by atoms with E-state index in [0.717, 1.165) is 29.9 Å². The third kappa shape index (κ3) is 7.16. The van der Waals surface area contributed by atoms with Crippen LogP contribution in [-0.2, 0) is 0 Å². The number of unbranched alkanes of at least 4 members (excludes halogenated alkanes) is 7. The van der Waals surface area contributed by atoms with E-state index in [1.807, 2.05) is 24.3 Å². The van der Waals surface area contributed by atoms with E-state index in [9.17, 15) is 0 Å². The van der Waals surface area contributed by atoms with Crippen molar-refractivity contribution in [1.29, 1.82) is 0 Å². The Hall–Kier alpha value is -1.51. The molecule has 118 valence electrons. The van der Waals surface area contributed by atoms with E-state index < -0.39 is 0 Å². The highest BCUT2D eigenvalue weighted by Gasteiger charge is 2.04. The summed E-state index contributed by atoms with van der Waals surface area (Å²) in [6.45, 7) is 2.24. The summed E-state index contributed by atoms with van der Waals surface area (Å²) in [5, 5.41) is 12.6. The SMILES string of the molecule is CCCCCCCCCC/C(=N/O)c1ccc(OC)cc1. The van der Waals surface area contributed by atoms with Crippen molar-refractivity contribution >= 4 is 5.71 Å². The molecule has 0 aliphatic carbocycles. The highest BCUT2D eigenvalue weighted by molar-refractivity contribution is 6.00. The average molecular weight is 291 g/mol. The van der Waals surface area contributed by atoms with Crippen molar-refractivity contribution in [3.05, 3.63) is 29.8 Å². The van der Waals surface area contributed by atoms with Gasteiger partial charge in [0.2, 0.25) is 0 Å². The molecular weight excluding hydrogens is 262 g/mol. The molecule has 0 spiro atoms. The second-order valence-corrected chi connectivity index (χ2v) is 5.50. The smallest absolute Gasteiger partial charge is 0.118 e. The van der Waals surface area contributed by atoms with Crippen molar-refractivity contribution in [3.8, 4) is 5.75 Å². The number of nitrogens with zero attached hydrogens (tertiary/aromatic N) is 1. The zero-order valence-electron chi connectivity index (χ0n) is 13.5. The Kier molecular flexibility index (Phi) is 9.34. The monoisotopic (exact) mass is 291 g/mol. The minimum absolute atomic E-state index is 0.767. The van der Waals surface area contributed by atoms with E-state index in [0.29, 0.717) is 0 Å². The third-order valence-corrected chi connectivity index (χ3v) is 3.81. The van der Waals surface area contributed by atoms with Crippen molar-refractivity contribution < 1.29 is 9.94 Å². The zero-order chi connectivity index (χ0) is 15.3. The largest absolute Gasteiger partial charge is 0.497 e. The lowest BCUT2D eigenvalue weighted by Gasteiger charge is -2.06. The number of rotatable bonds is 11. The van der Waals surface area contributed by atoms with Crippen LogP contribution in [0.4, 0.5) is 0 Å². The summed E-state index contributed by atoms with van der Waals surface area (Å²) in [5.41, 5.74) is 1.74. The molecule has 0 saturated carbocycles. The zero-order valence-corrected chi connectivity index (χ0v) is 13.5. The fourth-order valence-electron chi connectivity index (χ4n) is 2.46. The van der Waals surface area contributed by atoms with Gasteiger partial charge in [-0.1, -0.05) is 57.0 Å². The van der Waals surface area contributed by atoms with Crippen LogP contribution in [0.3, 0.4) is 0 Å². The summed E-state index contributed by atoms with van der Waals surface area (Å²) < 4.78 is 5.13. The highest BCUT2D eigenvalue weighted by Crippen LogP contribution is 2.16. The molecule has 0 heterocycles. The quantitative estimate of drug-likeness (QED) is 0.256. The first-order valence-electron chi connectivity index (χ1n) is 8.17. The van der Waals surface area contributed by atoms with Crippen LogP contribution >= 0.6 is 0 Å². The van der Waals surface area contributed by atoms with Gasteiger partial charge in [-0.25, -0.2) is 0 Å². The standard InChI is InChI=1S/C18H29NO2/c1-3-4-5-6-7-8-9-10-11-18(19-20)16-12-14-17(21-2)15-13-16/h12-15,20H,3-11H2,1-2H3/b19-18-. The Morgan fingerprint density at radius 3 is 2.05 bits per heavy atom. The minimum atomic E-state index is 0.767. The Labute approximate surface area is 129 Å². The number of ether oxygens (including phenoxy) is 1.